The normalized spacial score (nSPS) is 14.2. The summed E-state index contributed by atoms with van der Waals surface area (Å²) >= 11 is 5.98. The second-order valence-corrected chi connectivity index (χ2v) is 7.73. The molecule has 1 aliphatic heterocycles. The molecule has 144 valence electrons. The minimum Gasteiger partial charge on any atom is -0.322 e. The van der Waals surface area contributed by atoms with Crippen LogP contribution in [0.25, 0.3) is 10.9 Å². The Morgan fingerprint density at radius 3 is 2.75 bits per heavy atom. The molecule has 5 nitrogen and oxygen atoms in total. The smallest absolute Gasteiger partial charge is 0.261 e. The molecule has 0 aliphatic carbocycles. The number of nitrogens with zero attached hydrogens (tertiary/aromatic N) is 2. The van der Waals surface area contributed by atoms with Crippen molar-refractivity contribution in [1.29, 1.82) is 0 Å². The summed E-state index contributed by atoms with van der Waals surface area (Å²) in [5, 5.41) is 4.09. The van der Waals surface area contributed by atoms with Gasteiger partial charge in [-0.2, -0.15) is 0 Å². The predicted molar refractivity (Wildman–Crippen MR) is 112 cm³/mol. The average Bonchev–Trinajstić information content (AvgIpc) is 2.65. The monoisotopic (exact) mass is 395 g/mol. The van der Waals surface area contributed by atoms with Crippen molar-refractivity contribution in [1.82, 2.24) is 9.55 Å². The Morgan fingerprint density at radius 2 is 1.93 bits per heavy atom. The van der Waals surface area contributed by atoms with E-state index in [1.54, 1.807) is 41.0 Å². The Bertz CT molecular complexity index is 1120. The zero-order valence-electron chi connectivity index (χ0n) is 15.8. The summed E-state index contributed by atoms with van der Waals surface area (Å²) in [7, 11) is 0. The minimum absolute atomic E-state index is 0.0117. The van der Waals surface area contributed by atoms with E-state index < -0.39 is 0 Å². The third kappa shape index (κ3) is 3.67. The zero-order chi connectivity index (χ0) is 19.7. The van der Waals surface area contributed by atoms with Crippen molar-refractivity contribution in [3.05, 3.63) is 68.7 Å². The van der Waals surface area contributed by atoms with Gasteiger partial charge in [-0.05, 0) is 61.7 Å². The van der Waals surface area contributed by atoms with Crippen LogP contribution in [-0.2, 0) is 13.0 Å². The molecule has 0 unspecified atom stereocenters. The van der Waals surface area contributed by atoms with Crippen molar-refractivity contribution in [2.75, 3.05) is 5.32 Å². The molecule has 28 heavy (non-hydrogen) atoms. The number of fused-ring (bicyclic) bond motifs is 2. The van der Waals surface area contributed by atoms with Gasteiger partial charge in [0, 0.05) is 29.2 Å². The Morgan fingerprint density at radius 1 is 1.11 bits per heavy atom. The lowest BCUT2D eigenvalue weighted by molar-refractivity contribution is 0.102. The van der Waals surface area contributed by atoms with Gasteiger partial charge in [-0.1, -0.05) is 24.4 Å². The van der Waals surface area contributed by atoms with Crippen molar-refractivity contribution in [2.45, 2.75) is 45.6 Å². The van der Waals surface area contributed by atoms with Crippen LogP contribution < -0.4 is 10.9 Å². The summed E-state index contributed by atoms with van der Waals surface area (Å²) in [6.45, 7) is 2.61. The summed E-state index contributed by atoms with van der Waals surface area (Å²) in [4.78, 5) is 30.3. The fraction of sp³-hybridized carbons (Fsp3) is 0.318. The molecule has 2 heterocycles. The van der Waals surface area contributed by atoms with Crippen molar-refractivity contribution in [3.8, 4) is 0 Å². The van der Waals surface area contributed by atoms with Crippen LogP contribution >= 0.6 is 11.6 Å². The zero-order valence-corrected chi connectivity index (χ0v) is 16.6. The molecule has 0 saturated heterocycles. The van der Waals surface area contributed by atoms with Crippen molar-refractivity contribution >= 4 is 34.1 Å². The molecule has 0 saturated carbocycles. The maximum absolute atomic E-state index is 12.9. The van der Waals surface area contributed by atoms with Crippen molar-refractivity contribution < 1.29 is 4.79 Å². The molecular weight excluding hydrogens is 374 g/mol. The van der Waals surface area contributed by atoms with Gasteiger partial charge < -0.3 is 5.32 Å². The summed E-state index contributed by atoms with van der Waals surface area (Å²) in [5.41, 5.74) is 2.64. The number of benzene rings is 2. The lowest BCUT2D eigenvalue weighted by atomic mass is 10.1. The molecule has 1 aromatic heterocycles. The maximum Gasteiger partial charge on any atom is 0.261 e. The number of hydrogen-bond donors (Lipinski definition) is 1. The van der Waals surface area contributed by atoms with Crippen LogP contribution in [0.15, 0.2) is 41.2 Å². The molecule has 0 spiro atoms. The number of anilines is 1. The average molecular weight is 396 g/mol. The third-order valence-corrected chi connectivity index (χ3v) is 5.50. The second kappa shape index (κ2) is 7.76. The molecule has 4 rings (SSSR count). The lowest BCUT2D eigenvalue weighted by Gasteiger charge is -2.16. The Hall–Kier alpha value is -2.66. The Labute approximate surface area is 168 Å². The van der Waals surface area contributed by atoms with Crippen molar-refractivity contribution in [2.24, 2.45) is 0 Å². The number of halogens is 1. The highest BCUT2D eigenvalue weighted by Gasteiger charge is 2.15. The fourth-order valence-corrected chi connectivity index (χ4v) is 3.92. The molecule has 0 fully saturated rings. The topological polar surface area (TPSA) is 64.0 Å². The Balaban J connectivity index is 1.69. The van der Waals surface area contributed by atoms with E-state index in [0.717, 1.165) is 50.0 Å². The number of aromatic nitrogens is 2. The van der Waals surface area contributed by atoms with Crippen LogP contribution in [0.3, 0.4) is 0 Å². The number of amides is 1. The number of carbonyl (C=O) groups excluding carboxylic acids is 1. The minimum atomic E-state index is -0.235. The second-order valence-electron chi connectivity index (χ2n) is 7.29. The number of rotatable bonds is 2. The van der Waals surface area contributed by atoms with Gasteiger partial charge in [0.15, 0.2) is 0 Å². The molecule has 1 amide bonds. The highest BCUT2D eigenvalue weighted by atomic mass is 35.5. The van der Waals surface area contributed by atoms with E-state index in [9.17, 15) is 9.59 Å². The molecule has 2 aromatic carbocycles. The van der Waals surface area contributed by atoms with E-state index in [2.05, 4.69) is 5.32 Å². The summed E-state index contributed by atoms with van der Waals surface area (Å²) in [5.74, 6) is 0.587. The number of aryl methyl sites for hydroxylation is 2. The van der Waals surface area contributed by atoms with Gasteiger partial charge in [-0.3, -0.25) is 14.2 Å². The first-order chi connectivity index (χ1) is 13.5. The fourth-order valence-electron chi connectivity index (χ4n) is 3.70. The van der Waals surface area contributed by atoms with Gasteiger partial charge in [0.25, 0.3) is 11.5 Å². The van der Waals surface area contributed by atoms with E-state index >= 15 is 0 Å². The standard InChI is InChI=1S/C22H22ClN3O2/c1-14-12-16(23)8-10-18(14)25-21(27)15-7-9-17-19(13-15)24-20-6-4-2-3-5-11-26(20)22(17)28/h7-10,12-13H,2-6,11H2,1H3,(H,25,27). The van der Waals surface area contributed by atoms with Crippen LogP contribution in [0.5, 0.6) is 0 Å². The van der Waals surface area contributed by atoms with E-state index in [1.807, 2.05) is 6.92 Å². The van der Waals surface area contributed by atoms with E-state index in [4.69, 9.17) is 16.6 Å². The van der Waals surface area contributed by atoms with Crippen LogP contribution in [-0.4, -0.2) is 15.5 Å². The van der Waals surface area contributed by atoms with E-state index in [-0.39, 0.29) is 11.5 Å². The first-order valence-electron chi connectivity index (χ1n) is 9.64. The SMILES string of the molecule is Cc1cc(Cl)ccc1NC(=O)c1ccc2c(=O)n3c(nc2c1)CCCCCC3. The van der Waals surface area contributed by atoms with Crippen LogP contribution in [0, 0.1) is 6.92 Å². The number of hydrogen-bond acceptors (Lipinski definition) is 3. The molecule has 3 aromatic rings. The third-order valence-electron chi connectivity index (χ3n) is 5.27. The van der Waals surface area contributed by atoms with Gasteiger partial charge in [-0.25, -0.2) is 4.98 Å². The summed E-state index contributed by atoms with van der Waals surface area (Å²) in [6, 6.07) is 10.4. The largest absolute Gasteiger partial charge is 0.322 e. The molecule has 0 bridgehead atoms. The Kier molecular flexibility index (Phi) is 5.18. The van der Waals surface area contributed by atoms with Crippen LogP contribution in [0.4, 0.5) is 5.69 Å². The van der Waals surface area contributed by atoms with Crippen LogP contribution in [0.2, 0.25) is 5.02 Å². The summed E-state index contributed by atoms with van der Waals surface area (Å²) < 4.78 is 1.80. The first-order valence-corrected chi connectivity index (χ1v) is 10.0. The van der Waals surface area contributed by atoms with Gasteiger partial charge >= 0.3 is 0 Å². The molecule has 6 heteroatoms. The summed E-state index contributed by atoms with van der Waals surface area (Å²) in [6.07, 6.45) is 5.14. The maximum atomic E-state index is 12.9. The quantitative estimate of drug-likeness (QED) is 0.682. The predicted octanol–water partition coefficient (Wildman–Crippen LogP) is 4.73. The van der Waals surface area contributed by atoms with Gasteiger partial charge in [0.2, 0.25) is 0 Å². The van der Waals surface area contributed by atoms with Crippen molar-refractivity contribution in [3.63, 3.8) is 0 Å². The molecule has 1 aliphatic rings. The van der Waals surface area contributed by atoms with E-state index in [1.165, 1.54) is 0 Å². The van der Waals surface area contributed by atoms with E-state index in [0.29, 0.717) is 27.2 Å². The van der Waals surface area contributed by atoms with Gasteiger partial charge in [-0.15, -0.1) is 0 Å². The van der Waals surface area contributed by atoms with Crippen LogP contribution in [0.1, 0.15) is 47.4 Å². The van der Waals surface area contributed by atoms with Gasteiger partial charge in [0.05, 0.1) is 10.9 Å². The highest BCUT2D eigenvalue weighted by Crippen LogP contribution is 2.21. The highest BCUT2D eigenvalue weighted by molar-refractivity contribution is 6.30. The van der Waals surface area contributed by atoms with Gasteiger partial charge in [0.1, 0.15) is 5.82 Å². The molecule has 1 N–H and O–H groups in total. The molecule has 0 radical (unpaired) electrons. The number of nitrogens with one attached hydrogen (secondary N) is 1. The number of carbonyl (C=O) groups is 1. The lowest BCUT2D eigenvalue weighted by Crippen LogP contribution is -2.26. The molecule has 0 atom stereocenters. The first kappa shape index (κ1) is 18.7. The molecular formula is C22H22ClN3O2.